The number of carbonyl (C=O) groups excluding carboxylic acids is 1. The molecule has 0 atom stereocenters. The summed E-state index contributed by atoms with van der Waals surface area (Å²) in [5.41, 5.74) is 2.02. The van der Waals surface area contributed by atoms with Crippen LogP contribution in [0.2, 0.25) is 0 Å². The van der Waals surface area contributed by atoms with Gasteiger partial charge in [0.05, 0.1) is 24.9 Å². The van der Waals surface area contributed by atoms with Gasteiger partial charge in [-0.2, -0.15) is 0 Å². The van der Waals surface area contributed by atoms with Crippen LogP contribution in [0.5, 0.6) is 0 Å². The van der Waals surface area contributed by atoms with E-state index in [4.69, 9.17) is 4.74 Å². The molecule has 2 aromatic heterocycles. The van der Waals surface area contributed by atoms with Gasteiger partial charge < -0.3 is 4.74 Å². The van der Waals surface area contributed by atoms with Crippen LogP contribution >= 0.6 is 0 Å². The molecule has 2 rings (SSSR count). The van der Waals surface area contributed by atoms with E-state index in [9.17, 15) is 9.18 Å². The van der Waals surface area contributed by atoms with Crippen LogP contribution in [0.1, 0.15) is 12.6 Å². The standard InChI is InChI=1S/C14H13FN2O2/c1-2-19-14(18)6-13-4-3-10(8-17-13)11-5-12(15)9-16-7-11/h3-5,7-9H,2,6H2,1H3. The second kappa shape index (κ2) is 6.04. The first-order chi connectivity index (χ1) is 9.19. The Hall–Kier alpha value is -2.30. The number of aromatic nitrogens is 2. The molecule has 0 saturated heterocycles. The van der Waals surface area contributed by atoms with Gasteiger partial charge in [0.2, 0.25) is 0 Å². The van der Waals surface area contributed by atoms with Gasteiger partial charge in [0.15, 0.2) is 0 Å². The van der Waals surface area contributed by atoms with E-state index in [-0.39, 0.29) is 12.4 Å². The number of rotatable bonds is 4. The Bertz CT molecular complexity index is 570. The monoisotopic (exact) mass is 260 g/mol. The average molecular weight is 260 g/mol. The molecule has 0 fully saturated rings. The molecule has 0 aromatic carbocycles. The second-order valence-corrected chi connectivity index (χ2v) is 3.91. The third-order valence-corrected chi connectivity index (χ3v) is 2.49. The van der Waals surface area contributed by atoms with Crippen LogP contribution in [-0.4, -0.2) is 22.5 Å². The van der Waals surface area contributed by atoms with Crippen molar-refractivity contribution in [3.63, 3.8) is 0 Å². The molecule has 0 spiro atoms. The number of pyridine rings is 2. The molecule has 0 N–H and O–H groups in total. The Balaban J connectivity index is 2.12. The van der Waals surface area contributed by atoms with E-state index in [1.165, 1.54) is 6.07 Å². The Morgan fingerprint density at radius 1 is 1.26 bits per heavy atom. The highest BCUT2D eigenvalue weighted by atomic mass is 19.1. The summed E-state index contributed by atoms with van der Waals surface area (Å²) < 4.78 is 17.9. The van der Waals surface area contributed by atoms with E-state index in [2.05, 4.69) is 9.97 Å². The fourth-order valence-electron chi connectivity index (χ4n) is 1.63. The zero-order valence-electron chi connectivity index (χ0n) is 10.5. The van der Waals surface area contributed by atoms with E-state index in [1.807, 2.05) is 0 Å². The molecule has 0 aliphatic heterocycles. The molecule has 0 aliphatic rings. The summed E-state index contributed by atoms with van der Waals surface area (Å²) in [6, 6.07) is 4.88. The van der Waals surface area contributed by atoms with Crippen molar-refractivity contribution in [3.8, 4) is 11.1 Å². The van der Waals surface area contributed by atoms with Gasteiger partial charge in [-0.1, -0.05) is 6.07 Å². The molecule has 0 unspecified atom stereocenters. The molecular formula is C14H13FN2O2. The van der Waals surface area contributed by atoms with Crippen molar-refractivity contribution in [2.45, 2.75) is 13.3 Å². The largest absolute Gasteiger partial charge is 0.466 e. The second-order valence-electron chi connectivity index (χ2n) is 3.91. The molecule has 0 saturated carbocycles. The molecule has 0 aliphatic carbocycles. The number of carbonyl (C=O) groups is 1. The maximum Gasteiger partial charge on any atom is 0.311 e. The summed E-state index contributed by atoms with van der Waals surface area (Å²) in [4.78, 5) is 19.2. The number of nitrogens with zero attached hydrogens (tertiary/aromatic N) is 2. The zero-order valence-corrected chi connectivity index (χ0v) is 10.5. The fraction of sp³-hybridized carbons (Fsp3) is 0.214. The van der Waals surface area contributed by atoms with Crippen molar-refractivity contribution in [2.24, 2.45) is 0 Å². The van der Waals surface area contributed by atoms with Crippen LogP contribution in [0, 0.1) is 5.82 Å². The lowest BCUT2D eigenvalue weighted by molar-refractivity contribution is -0.142. The van der Waals surface area contributed by atoms with E-state index in [0.29, 0.717) is 17.9 Å². The van der Waals surface area contributed by atoms with Gasteiger partial charge in [0.25, 0.3) is 0 Å². The lowest BCUT2D eigenvalue weighted by atomic mass is 10.1. The molecule has 19 heavy (non-hydrogen) atoms. The van der Waals surface area contributed by atoms with E-state index in [0.717, 1.165) is 11.8 Å². The number of esters is 1. The molecule has 0 bridgehead atoms. The van der Waals surface area contributed by atoms with Crippen LogP contribution in [0.4, 0.5) is 4.39 Å². The molecule has 2 aromatic rings. The topological polar surface area (TPSA) is 52.1 Å². The Morgan fingerprint density at radius 2 is 2.11 bits per heavy atom. The minimum absolute atomic E-state index is 0.134. The molecule has 2 heterocycles. The third-order valence-electron chi connectivity index (χ3n) is 2.49. The predicted octanol–water partition coefficient (Wildman–Crippen LogP) is 2.39. The van der Waals surface area contributed by atoms with Gasteiger partial charge in [-0.05, 0) is 19.1 Å². The summed E-state index contributed by atoms with van der Waals surface area (Å²) in [5.74, 6) is -0.705. The van der Waals surface area contributed by atoms with Crippen molar-refractivity contribution in [3.05, 3.63) is 48.3 Å². The van der Waals surface area contributed by atoms with Gasteiger partial charge in [0.1, 0.15) is 5.82 Å². The van der Waals surface area contributed by atoms with E-state index in [1.54, 1.807) is 31.5 Å². The Kier molecular flexibility index (Phi) is 4.18. The van der Waals surface area contributed by atoms with Crippen molar-refractivity contribution in [1.29, 1.82) is 0 Å². The Morgan fingerprint density at radius 3 is 2.74 bits per heavy atom. The minimum atomic E-state index is -0.395. The number of ether oxygens (including phenoxy) is 1. The maximum atomic E-state index is 13.0. The lowest BCUT2D eigenvalue weighted by Crippen LogP contribution is -2.08. The predicted molar refractivity (Wildman–Crippen MR) is 67.8 cm³/mol. The van der Waals surface area contributed by atoms with Crippen molar-refractivity contribution in [1.82, 2.24) is 9.97 Å². The quantitative estimate of drug-likeness (QED) is 0.792. The summed E-state index contributed by atoms with van der Waals surface area (Å²) in [7, 11) is 0. The van der Waals surface area contributed by atoms with Crippen LogP contribution in [0.3, 0.4) is 0 Å². The van der Waals surface area contributed by atoms with Crippen LogP contribution < -0.4 is 0 Å². The lowest BCUT2D eigenvalue weighted by Gasteiger charge is -2.04. The van der Waals surface area contributed by atoms with Crippen LogP contribution in [0.25, 0.3) is 11.1 Å². The van der Waals surface area contributed by atoms with Crippen molar-refractivity contribution >= 4 is 5.97 Å². The summed E-state index contributed by atoms with van der Waals surface area (Å²) in [6.07, 6.45) is 4.43. The summed E-state index contributed by atoms with van der Waals surface area (Å²) in [6.45, 7) is 2.11. The molecule has 4 nitrogen and oxygen atoms in total. The summed E-state index contributed by atoms with van der Waals surface area (Å²) in [5, 5.41) is 0. The van der Waals surface area contributed by atoms with Crippen LogP contribution in [0.15, 0.2) is 36.8 Å². The summed E-state index contributed by atoms with van der Waals surface area (Å²) >= 11 is 0. The highest BCUT2D eigenvalue weighted by Gasteiger charge is 2.06. The maximum absolute atomic E-state index is 13.0. The molecule has 0 amide bonds. The van der Waals surface area contributed by atoms with E-state index < -0.39 is 5.82 Å². The third kappa shape index (κ3) is 3.58. The van der Waals surface area contributed by atoms with Crippen molar-refractivity contribution < 1.29 is 13.9 Å². The molecule has 98 valence electrons. The SMILES string of the molecule is CCOC(=O)Cc1ccc(-c2cncc(F)c2)cn1. The number of hydrogen-bond donors (Lipinski definition) is 0. The number of hydrogen-bond acceptors (Lipinski definition) is 4. The molecule has 0 radical (unpaired) electrons. The average Bonchev–Trinajstić information content (AvgIpc) is 2.40. The number of halogens is 1. The first-order valence-corrected chi connectivity index (χ1v) is 5.90. The molecule has 5 heteroatoms. The van der Waals surface area contributed by atoms with Crippen molar-refractivity contribution in [2.75, 3.05) is 6.61 Å². The fourth-order valence-corrected chi connectivity index (χ4v) is 1.63. The highest BCUT2D eigenvalue weighted by molar-refractivity contribution is 5.72. The van der Waals surface area contributed by atoms with Gasteiger partial charge in [-0.3, -0.25) is 14.8 Å². The highest BCUT2D eigenvalue weighted by Crippen LogP contribution is 2.18. The van der Waals surface area contributed by atoms with Gasteiger partial charge in [0, 0.05) is 23.5 Å². The normalized spacial score (nSPS) is 10.2. The van der Waals surface area contributed by atoms with Gasteiger partial charge in [-0.25, -0.2) is 4.39 Å². The van der Waals surface area contributed by atoms with Gasteiger partial charge in [-0.15, -0.1) is 0 Å². The minimum Gasteiger partial charge on any atom is -0.466 e. The smallest absolute Gasteiger partial charge is 0.311 e. The van der Waals surface area contributed by atoms with Crippen LogP contribution in [-0.2, 0) is 16.0 Å². The van der Waals surface area contributed by atoms with E-state index >= 15 is 0 Å². The van der Waals surface area contributed by atoms with Gasteiger partial charge >= 0.3 is 5.97 Å². The molecular weight excluding hydrogens is 247 g/mol. The first kappa shape index (κ1) is 13.1. The first-order valence-electron chi connectivity index (χ1n) is 5.90. The Labute approximate surface area is 110 Å². The zero-order chi connectivity index (χ0) is 13.7.